The van der Waals surface area contributed by atoms with Gasteiger partial charge in [0.2, 0.25) is 0 Å². The van der Waals surface area contributed by atoms with Crippen LogP contribution in [0.25, 0.3) is 11.3 Å². The fraction of sp³-hybridized carbons (Fsp3) is 0.438. The second-order valence-corrected chi connectivity index (χ2v) is 5.86. The van der Waals surface area contributed by atoms with E-state index in [4.69, 9.17) is 5.73 Å². The molecule has 2 bridgehead atoms. The monoisotopic (exact) mass is 324 g/mol. The topological polar surface area (TPSA) is 66.7 Å². The molecule has 0 aliphatic carbocycles. The van der Waals surface area contributed by atoms with Crippen LogP contribution in [0.2, 0.25) is 0 Å². The zero-order chi connectivity index (χ0) is 16.4. The Kier molecular flexibility index (Phi) is 4.30. The molecule has 3 rings (SSSR count). The molecule has 4 nitrogen and oxygen atoms in total. The van der Waals surface area contributed by atoms with Crippen molar-refractivity contribution in [1.29, 1.82) is 0 Å². The van der Waals surface area contributed by atoms with Crippen LogP contribution in [0.15, 0.2) is 30.5 Å². The zero-order valence-corrected chi connectivity index (χ0v) is 12.5. The van der Waals surface area contributed by atoms with Crippen molar-refractivity contribution in [1.82, 2.24) is 9.97 Å². The highest BCUT2D eigenvalue weighted by atomic mass is 19.4. The standard InChI is InChI=1S/C16H19F3N4/c17-16(18,19)14-8-4-2-6-11(20)15-21-9-13(23-15)10-5-1-3-7-12(10)22-14/h1,3,5,7,9,11,14,22H,2,4,6,8,20H2,(H,21,23). The molecule has 1 aliphatic rings. The molecule has 0 fully saturated rings. The number of H-pyrrole nitrogens is 1. The van der Waals surface area contributed by atoms with Crippen LogP contribution in [-0.2, 0) is 0 Å². The molecule has 2 aromatic rings. The predicted molar refractivity (Wildman–Crippen MR) is 82.9 cm³/mol. The summed E-state index contributed by atoms with van der Waals surface area (Å²) in [4.78, 5) is 7.41. The average molecular weight is 324 g/mol. The molecule has 2 heterocycles. The van der Waals surface area contributed by atoms with Crippen molar-refractivity contribution in [3.63, 3.8) is 0 Å². The van der Waals surface area contributed by atoms with E-state index in [0.717, 1.165) is 0 Å². The normalized spacial score (nSPS) is 22.4. The summed E-state index contributed by atoms with van der Waals surface area (Å²) in [5.41, 5.74) is 7.84. The van der Waals surface area contributed by atoms with Crippen molar-refractivity contribution >= 4 is 5.69 Å². The van der Waals surface area contributed by atoms with E-state index in [1.165, 1.54) is 0 Å². The van der Waals surface area contributed by atoms with Crippen molar-refractivity contribution in [2.24, 2.45) is 5.73 Å². The van der Waals surface area contributed by atoms with Crippen LogP contribution in [0.4, 0.5) is 18.9 Å². The van der Waals surface area contributed by atoms with E-state index in [-0.39, 0.29) is 12.5 Å². The Morgan fingerprint density at radius 1 is 1.13 bits per heavy atom. The van der Waals surface area contributed by atoms with Gasteiger partial charge in [-0.15, -0.1) is 0 Å². The van der Waals surface area contributed by atoms with Gasteiger partial charge in [-0.3, -0.25) is 0 Å². The van der Waals surface area contributed by atoms with Crippen LogP contribution in [0.1, 0.15) is 37.5 Å². The second-order valence-electron chi connectivity index (χ2n) is 5.86. The van der Waals surface area contributed by atoms with Crippen molar-refractivity contribution < 1.29 is 13.2 Å². The molecule has 2 atom stereocenters. The molecule has 1 aliphatic heterocycles. The van der Waals surface area contributed by atoms with Crippen LogP contribution in [0.5, 0.6) is 0 Å². The van der Waals surface area contributed by atoms with Gasteiger partial charge in [-0.05, 0) is 18.9 Å². The van der Waals surface area contributed by atoms with Crippen LogP contribution >= 0.6 is 0 Å². The number of nitrogens with zero attached hydrogens (tertiary/aromatic N) is 1. The molecule has 1 aromatic carbocycles. The highest BCUT2D eigenvalue weighted by Gasteiger charge is 2.39. The summed E-state index contributed by atoms with van der Waals surface area (Å²) in [5, 5.41) is 2.66. The highest BCUT2D eigenvalue weighted by molar-refractivity contribution is 5.75. The van der Waals surface area contributed by atoms with Gasteiger partial charge in [0.1, 0.15) is 11.9 Å². The van der Waals surface area contributed by atoms with Gasteiger partial charge >= 0.3 is 6.18 Å². The van der Waals surface area contributed by atoms with E-state index < -0.39 is 12.2 Å². The number of fused-ring (bicyclic) bond motifs is 4. The maximum absolute atomic E-state index is 13.3. The van der Waals surface area contributed by atoms with Gasteiger partial charge in [-0.25, -0.2) is 4.98 Å². The summed E-state index contributed by atoms with van der Waals surface area (Å²) >= 11 is 0. The number of nitrogens with two attached hydrogens (primary N) is 1. The number of benzene rings is 1. The van der Waals surface area contributed by atoms with Gasteiger partial charge in [-0.2, -0.15) is 13.2 Å². The Morgan fingerprint density at radius 2 is 1.87 bits per heavy atom. The van der Waals surface area contributed by atoms with Crippen LogP contribution in [0.3, 0.4) is 0 Å². The van der Waals surface area contributed by atoms with Gasteiger partial charge in [0, 0.05) is 11.3 Å². The molecule has 4 N–H and O–H groups in total. The van der Waals surface area contributed by atoms with E-state index in [0.29, 0.717) is 42.0 Å². The van der Waals surface area contributed by atoms with Gasteiger partial charge in [0.05, 0.1) is 17.9 Å². The maximum Gasteiger partial charge on any atom is 0.408 e. The predicted octanol–water partition coefficient (Wildman–Crippen LogP) is 3.99. The molecular weight excluding hydrogens is 305 g/mol. The molecule has 0 saturated carbocycles. The number of aromatic amines is 1. The quantitative estimate of drug-likeness (QED) is 0.686. The van der Waals surface area contributed by atoms with Crippen molar-refractivity contribution in [3.05, 3.63) is 36.3 Å². The van der Waals surface area contributed by atoms with Crippen molar-refractivity contribution in [2.45, 2.75) is 43.9 Å². The van der Waals surface area contributed by atoms with E-state index in [2.05, 4.69) is 15.3 Å². The summed E-state index contributed by atoms with van der Waals surface area (Å²) in [5.74, 6) is 0.669. The zero-order valence-electron chi connectivity index (χ0n) is 12.5. The number of anilines is 1. The first-order valence-electron chi connectivity index (χ1n) is 7.68. The van der Waals surface area contributed by atoms with Gasteiger partial charge in [-0.1, -0.05) is 31.0 Å². The Balaban J connectivity index is 2.02. The Hall–Kier alpha value is -2.02. The molecule has 0 amide bonds. The second kappa shape index (κ2) is 6.23. The molecule has 1 aromatic heterocycles. The number of hydrogen-bond acceptors (Lipinski definition) is 3. The molecule has 23 heavy (non-hydrogen) atoms. The number of aromatic nitrogens is 2. The molecule has 7 heteroatoms. The molecule has 0 radical (unpaired) electrons. The Labute approximate surface area is 132 Å². The van der Waals surface area contributed by atoms with Gasteiger partial charge in [0.15, 0.2) is 0 Å². The highest BCUT2D eigenvalue weighted by Crippen LogP contribution is 2.33. The lowest BCUT2D eigenvalue weighted by Gasteiger charge is -2.24. The molecule has 124 valence electrons. The van der Waals surface area contributed by atoms with E-state index >= 15 is 0 Å². The molecule has 0 spiro atoms. The molecule has 0 saturated heterocycles. The summed E-state index contributed by atoms with van der Waals surface area (Å²) in [7, 11) is 0. The number of nitrogens with one attached hydrogen (secondary N) is 2. The van der Waals surface area contributed by atoms with Crippen LogP contribution in [-0.4, -0.2) is 22.2 Å². The number of hydrogen-bond donors (Lipinski definition) is 3. The summed E-state index contributed by atoms with van der Waals surface area (Å²) in [6, 6.07) is 5.07. The van der Waals surface area contributed by atoms with Gasteiger partial charge < -0.3 is 16.0 Å². The summed E-state index contributed by atoms with van der Waals surface area (Å²) in [6.07, 6.45) is -0.939. The lowest BCUT2D eigenvalue weighted by Crippen LogP contribution is -2.36. The number of para-hydroxylation sites is 1. The number of imidazole rings is 1. The van der Waals surface area contributed by atoms with E-state index in [1.54, 1.807) is 30.5 Å². The molecular formula is C16H19F3N4. The van der Waals surface area contributed by atoms with E-state index in [1.807, 2.05) is 0 Å². The number of rotatable bonds is 0. The Bertz CT molecular complexity index is 665. The first-order chi connectivity index (χ1) is 10.9. The van der Waals surface area contributed by atoms with Crippen molar-refractivity contribution in [2.75, 3.05) is 5.32 Å². The minimum absolute atomic E-state index is 0.0313. The lowest BCUT2D eigenvalue weighted by atomic mass is 10.0. The van der Waals surface area contributed by atoms with Gasteiger partial charge in [0.25, 0.3) is 0 Å². The van der Waals surface area contributed by atoms with Crippen LogP contribution in [0, 0.1) is 0 Å². The minimum atomic E-state index is -4.29. The minimum Gasteiger partial charge on any atom is -0.373 e. The summed E-state index contributed by atoms with van der Waals surface area (Å²) in [6.45, 7) is 0. The third-order valence-electron chi connectivity index (χ3n) is 4.15. The fourth-order valence-electron chi connectivity index (χ4n) is 2.86. The maximum atomic E-state index is 13.3. The first-order valence-corrected chi connectivity index (χ1v) is 7.68. The van der Waals surface area contributed by atoms with Crippen molar-refractivity contribution in [3.8, 4) is 11.3 Å². The SMILES string of the molecule is NC1CCCCC(C(F)(F)F)Nc2ccccc2-c2cnc1[nH]2. The number of halogens is 3. The largest absolute Gasteiger partial charge is 0.408 e. The first kappa shape index (κ1) is 15.9. The average Bonchev–Trinajstić information content (AvgIpc) is 2.98. The third-order valence-corrected chi connectivity index (χ3v) is 4.15. The molecule has 2 unspecified atom stereocenters. The Morgan fingerprint density at radius 3 is 2.65 bits per heavy atom. The smallest absolute Gasteiger partial charge is 0.373 e. The lowest BCUT2D eigenvalue weighted by molar-refractivity contribution is -0.144. The number of alkyl halides is 3. The summed E-state index contributed by atoms with van der Waals surface area (Å²) < 4.78 is 39.9. The fourth-order valence-corrected chi connectivity index (χ4v) is 2.86. The van der Waals surface area contributed by atoms with Crippen LogP contribution < -0.4 is 11.1 Å². The third kappa shape index (κ3) is 3.50. The van der Waals surface area contributed by atoms with E-state index in [9.17, 15) is 13.2 Å².